The molecule has 0 unspecified atom stereocenters. The highest BCUT2D eigenvalue weighted by Gasteiger charge is 2.18. The number of hydrogen-bond acceptors (Lipinski definition) is 10. The van der Waals surface area contributed by atoms with Crippen molar-refractivity contribution in [2.45, 2.75) is 0 Å². The van der Waals surface area contributed by atoms with Gasteiger partial charge in [0.1, 0.15) is 0 Å². The fraction of sp³-hybridized carbons (Fsp3) is 0.130. The van der Waals surface area contributed by atoms with Gasteiger partial charge in [-0.25, -0.2) is 10.3 Å². The number of azo groups is 1. The molecule has 3 aromatic carbocycles. The monoisotopic (exact) mass is 480 g/mol. The van der Waals surface area contributed by atoms with Crippen molar-refractivity contribution in [2.24, 2.45) is 10.2 Å². The summed E-state index contributed by atoms with van der Waals surface area (Å²) in [6, 6.07) is 14.1. The second kappa shape index (κ2) is 11.2. The van der Waals surface area contributed by atoms with Crippen LogP contribution >= 0.6 is 0 Å². The van der Waals surface area contributed by atoms with E-state index in [1.54, 1.807) is 24.3 Å². The number of rotatable bonds is 9. The minimum absolute atomic E-state index is 0.132. The van der Waals surface area contributed by atoms with E-state index >= 15 is 0 Å². The first kappa shape index (κ1) is 24.6. The number of nitrogens with one attached hydrogen (secondary N) is 1. The molecule has 35 heavy (non-hydrogen) atoms. The Morgan fingerprint density at radius 2 is 1.46 bits per heavy atom. The lowest BCUT2D eigenvalue weighted by Crippen LogP contribution is -2.11. The van der Waals surface area contributed by atoms with Gasteiger partial charge in [0.05, 0.1) is 43.2 Å². The molecule has 0 saturated carbocycles. The van der Waals surface area contributed by atoms with Crippen LogP contribution in [-0.4, -0.2) is 38.1 Å². The number of nitro groups is 1. The topological polar surface area (TPSA) is 151 Å². The van der Waals surface area contributed by atoms with E-state index in [0.717, 1.165) is 0 Å². The number of nitrogens with zero attached hydrogens (tertiary/aromatic N) is 3. The molecule has 0 heterocycles. The van der Waals surface area contributed by atoms with Crippen molar-refractivity contribution in [3.8, 4) is 17.2 Å². The van der Waals surface area contributed by atoms with Crippen molar-refractivity contribution in [3.63, 3.8) is 0 Å². The second-order valence-corrected chi connectivity index (χ2v) is 6.76. The Hall–Kier alpha value is -5.00. The molecule has 0 aliphatic rings. The smallest absolute Gasteiger partial charge is 0.363 e. The molecule has 0 aliphatic heterocycles. The van der Waals surface area contributed by atoms with Crippen LogP contribution in [0.3, 0.4) is 0 Å². The van der Waals surface area contributed by atoms with E-state index in [2.05, 4.69) is 15.7 Å². The third-order valence-electron chi connectivity index (χ3n) is 4.61. The highest BCUT2D eigenvalue weighted by atomic mass is 16.7. The molecule has 180 valence electrons. The number of carbonyl (C=O) groups excluding carboxylic acids is 2. The molecule has 3 rings (SSSR count). The minimum Gasteiger partial charge on any atom is -0.493 e. The second-order valence-electron chi connectivity index (χ2n) is 6.76. The number of benzene rings is 3. The summed E-state index contributed by atoms with van der Waals surface area (Å²) >= 11 is 0. The van der Waals surface area contributed by atoms with Crippen molar-refractivity contribution in [3.05, 3.63) is 81.9 Å². The van der Waals surface area contributed by atoms with E-state index in [0.29, 0.717) is 28.6 Å². The summed E-state index contributed by atoms with van der Waals surface area (Å²) in [6.45, 7) is 0. The fourth-order valence-electron chi connectivity index (χ4n) is 2.85. The highest BCUT2D eigenvalue weighted by molar-refractivity contribution is 5.95. The van der Waals surface area contributed by atoms with Crippen LogP contribution < -0.4 is 19.7 Å². The quantitative estimate of drug-likeness (QED) is 0.260. The Morgan fingerprint density at radius 3 is 1.97 bits per heavy atom. The number of nitro benzene ring substituents is 1. The average molecular weight is 480 g/mol. The number of carbonyl (C=O) groups is 2. The summed E-state index contributed by atoms with van der Waals surface area (Å²) in [5.74, 6) is -0.395. The summed E-state index contributed by atoms with van der Waals surface area (Å²) in [5, 5.41) is 18.1. The molecular weight excluding hydrogens is 460 g/mol. The number of anilines is 1. The Morgan fingerprint density at radius 1 is 0.857 bits per heavy atom. The van der Waals surface area contributed by atoms with Crippen LogP contribution in [0.5, 0.6) is 17.2 Å². The van der Waals surface area contributed by atoms with Crippen LogP contribution in [0.2, 0.25) is 0 Å². The van der Waals surface area contributed by atoms with Gasteiger partial charge in [-0.2, -0.15) is 0 Å². The third-order valence-corrected chi connectivity index (χ3v) is 4.61. The molecule has 1 N–H and O–H groups in total. The average Bonchev–Trinajstić information content (AvgIpc) is 2.89. The van der Waals surface area contributed by atoms with Gasteiger partial charge >= 0.3 is 5.97 Å². The van der Waals surface area contributed by atoms with Crippen molar-refractivity contribution in [1.29, 1.82) is 0 Å². The first-order valence-electron chi connectivity index (χ1n) is 9.94. The summed E-state index contributed by atoms with van der Waals surface area (Å²) in [7, 11) is 4.32. The molecule has 0 radical (unpaired) electrons. The Bertz CT molecular complexity index is 1230. The summed E-state index contributed by atoms with van der Waals surface area (Å²) in [6.07, 6.45) is 0. The minimum atomic E-state index is -0.693. The van der Waals surface area contributed by atoms with Crippen LogP contribution in [0.15, 0.2) is 70.9 Å². The summed E-state index contributed by atoms with van der Waals surface area (Å²) in [4.78, 5) is 39.8. The summed E-state index contributed by atoms with van der Waals surface area (Å²) in [5.41, 5.74) is 3.52. The van der Waals surface area contributed by atoms with E-state index in [1.807, 2.05) is 0 Å². The number of methoxy groups -OCH3 is 3. The van der Waals surface area contributed by atoms with Crippen molar-refractivity contribution < 1.29 is 33.6 Å². The van der Waals surface area contributed by atoms with Crippen LogP contribution in [0, 0.1) is 10.1 Å². The molecule has 12 heteroatoms. The zero-order chi connectivity index (χ0) is 25.4. The van der Waals surface area contributed by atoms with Gasteiger partial charge in [0.25, 0.3) is 11.6 Å². The van der Waals surface area contributed by atoms with Crippen LogP contribution in [0.4, 0.5) is 17.1 Å². The first-order valence-corrected chi connectivity index (χ1v) is 9.94. The Balaban J connectivity index is 1.61. The fourth-order valence-corrected chi connectivity index (χ4v) is 2.85. The lowest BCUT2D eigenvalue weighted by molar-refractivity contribution is -0.384. The molecule has 12 nitrogen and oxygen atoms in total. The van der Waals surface area contributed by atoms with Crippen molar-refractivity contribution in [2.75, 3.05) is 26.8 Å². The molecule has 0 bridgehead atoms. The molecule has 0 spiro atoms. The maximum absolute atomic E-state index is 12.4. The van der Waals surface area contributed by atoms with Crippen molar-refractivity contribution in [1.82, 2.24) is 0 Å². The zero-order valence-corrected chi connectivity index (χ0v) is 18.9. The van der Waals surface area contributed by atoms with Crippen LogP contribution in [-0.2, 0) is 4.84 Å². The van der Waals surface area contributed by atoms with E-state index in [9.17, 15) is 19.7 Å². The molecule has 0 aromatic heterocycles. The van der Waals surface area contributed by atoms with E-state index < -0.39 is 16.8 Å². The van der Waals surface area contributed by atoms with Gasteiger partial charge in [0.2, 0.25) is 5.75 Å². The molecule has 0 fully saturated rings. The van der Waals surface area contributed by atoms with Crippen LogP contribution in [0.1, 0.15) is 20.7 Å². The predicted octanol–water partition coefficient (Wildman–Crippen LogP) is 4.73. The van der Waals surface area contributed by atoms with E-state index in [4.69, 9.17) is 19.0 Å². The Kier molecular flexibility index (Phi) is 7.90. The highest BCUT2D eigenvalue weighted by Crippen LogP contribution is 2.38. The Labute approximate surface area is 199 Å². The number of amides is 1. The zero-order valence-electron chi connectivity index (χ0n) is 18.9. The van der Waals surface area contributed by atoms with Gasteiger partial charge in [0.15, 0.2) is 11.5 Å². The van der Waals surface area contributed by atoms with Gasteiger partial charge in [-0.3, -0.25) is 14.9 Å². The lowest BCUT2D eigenvalue weighted by Gasteiger charge is -2.14. The lowest BCUT2D eigenvalue weighted by atomic mass is 10.2. The maximum atomic E-state index is 12.4. The van der Waals surface area contributed by atoms with E-state index in [1.165, 1.54) is 57.7 Å². The SMILES string of the molecule is COc1cc(C(=O)ONc2ccc(N=NC(=O)c3ccc([N+](=O)[O-])cc3)cc2)cc(OC)c1OC. The van der Waals surface area contributed by atoms with Crippen LogP contribution in [0.25, 0.3) is 0 Å². The van der Waals surface area contributed by atoms with E-state index in [-0.39, 0.29) is 16.8 Å². The number of hydrogen-bond donors (Lipinski definition) is 1. The third kappa shape index (κ3) is 6.07. The normalized spacial score (nSPS) is 10.5. The van der Waals surface area contributed by atoms with Gasteiger partial charge in [0, 0.05) is 17.7 Å². The predicted molar refractivity (Wildman–Crippen MR) is 124 cm³/mol. The standard InChI is InChI=1S/C23H20N4O8/c1-32-19-12-15(13-20(33-2)21(19)34-3)23(29)35-26-17-8-6-16(7-9-17)24-25-22(28)14-4-10-18(11-5-14)27(30)31/h4-13,26H,1-3H3. The molecule has 3 aromatic rings. The molecule has 0 aliphatic carbocycles. The first-order chi connectivity index (χ1) is 16.9. The molecule has 0 atom stereocenters. The van der Waals surface area contributed by atoms with Gasteiger partial charge < -0.3 is 19.0 Å². The maximum Gasteiger partial charge on any atom is 0.363 e. The van der Waals surface area contributed by atoms with Gasteiger partial charge in [-0.05, 0) is 48.5 Å². The van der Waals surface area contributed by atoms with Gasteiger partial charge in [-0.15, -0.1) is 10.2 Å². The molecule has 0 saturated heterocycles. The largest absolute Gasteiger partial charge is 0.493 e. The summed E-state index contributed by atoms with van der Waals surface area (Å²) < 4.78 is 15.7. The molecular formula is C23H20N4O8. The number of non-ortho nitro benzene ring substituents is 1. The van der Waals surface area contributed by atoms with Gasteiger partial charge in [-0.1, -0.05) is 0 Å². The number of ether oxygens (including phenoxy) is 3. The van der Waals surface area contributed by atoms with Crippen molar-refractivity contribution >= 4 is 28.9 Å². The molecule has 1 amide bonds.